The maximum Gasteiger partial charge on any atom is 0.333 e. The molecular formula is C12H24O6Si. The van der Waals surface area contributed by atoms with Crippen LogP contribution in [0.2, 0.25) is 6.04 Å². The number of carbonyl (C=O) groups is 1. The molecule has 0 aliphatic rings. The quantitative estimate of drug-likeness (QED) is 0.183. The summed E-state index contributed by atoms with van der Waals surface area (Å²) in [7, 11) is 3.77. The van der Waals surface area contributed by atoms with Crippen molar-refractivity contribution in [3.63, 3.8) is 0 Å². The van der Waals surface area contributed by atoms with E-state index < -0.39 is 15.7 Å². The Kier molecular flexibility index (Phi) is 9.71. The van der Waals surface area contributed by atoms with Crippen LogP contribution in [0.25, 0.3) is 0 Å². The lowest BCUT2D eigenvalue weighted by Crippen LogP contribution is -2.41. The number of methoxy groups -OCH3 is 3. The summed E-state index contributed by atoms with van der Waals surface area (Å²) >= 11 is 0. The molecule has 0 spiro atoms. The van der Waals surface area contributed by atoms with Gasteiger partial charge in [-0.15, -0.1) is 0 Å². The molecule has 19 heavy (non-hydrogen) atoms. The first-order chi connectivity index (χ1) is 9.01. The molecule has 0 saturated carbocycles. The minimum Gasteiger partial charge on any atom is -0.462 e. The number of esters is 1. The van der Waals surface area contributed by atoms with Gasteiger partial charge >= 0.3 is 11.9 Å². The molecular weight excluding hydrogens is 268 g/mol. The van der Waals surface area contributed by atoms with E-state index in [0.717, 1.165) is 12.5 Å². The Morgan fingerprint density at radius 1 is 1.21 bits per heavy atom. The van der Waals surface area contributed by atoms with E-state index >= 15 is 0 Å². The first-order valence-electron chi connectivity index (χ1n) is 6.07. The summed E-state index contributed by atoms with van der Waals surface area (Å²) in [5.41, 5.74) is 0.415. The summed E-state index contributed by atoms with van der Waals surface area (Å²) in [6.07, 6.45) is 0.783. The van der Waals surface area contributed by atoms with Gasteiger partial charge in [-0.2, -0.15) is 0 Å². The SMILES string of the molecule is C=C(C)C(=O)OCCC[SiH2]OCC(OC)(OC)OC. The third kappa shape index (κ3) is 7.43. The molecule has 0 fully saturated rings. The zero-order chi connectivity index (χ0) is 14.7. The van der Waals surface area contributed by atoms with Crippen molar-refractivity contribution < 1.29 is 28.2 Å². The molecule has 0 aromatic carbocycles. The van der Waals surface area contributed by atoms with Crippen LogP contribution in [0.1, 0.15) is 13.3 Å². The Hall–Kier alpha value is -0.733. The normalized spacial score (nSPS) is 12.0. The number of hydrogen-bond donors (Lipinski definition) is 0. The van der Waals surface area contributed by atoms with E-state index in [1.807, 2.05) is 0 Å². The Labute approximate surface area is 116 Å². The lowest BCUT2D eigenvalue weighted by atomic mass is 10.4. The highest BCUT2D eigenvalue weighted by Crippen LogP contribution is 2.12. The van der Waals surface area contributed by atoms with Crippen molar-refractivity contribution >= 4 is 15.7 Å². The Balaban J connectivity index is 3.60. The first kappa shape index (κ1) is 18.3. The van der Waals surface area contributed by atoms with E-state index in [9.17, 15) is 4.79 Å². The number of ether oxygens (including phenoxy) is 4. The van der Waals surface area contributed by atoms with Crippen LogP contribution in [0.5, 0.6) is 0 Å². The summed E-state index contributed by atoms with van der Waals surface area (Å²) in [4.78, 5) is 11.1. The van der Waals surface area contributed by atoms with Crippen molar-refractivity contribution in [3.05, 3.63) is 12.2 Å². The fourth-order valence-electron chi connectivity index (χ4n) is 1.22. The van der Waals surface area contributed by atoms with Gasteiger partial charge in [0.05, 0.1) is 6.61 Å². The molecule has 0 aromatic rings. The van der Waals surface area contributed by atoms with Crippen LogP contribution < -0.4 is 0 Å². The van der Waals surface area contributed by atoms with E-state index in [-0.39, 0.29) is 12.6 Å². The lowest BCUT2D eigenvalue weighted by Gasteiger charge is -2.28. The molecule has 7 heteroatoms. The molecule has 0 atom stereocenters. The van der Waals surface area contributed by atoms with Gasteiger partial charge in [-0.25, -0.2) is 4.79 Å². The highest BCUT2D eigenvalue weighted by atomic mass is 28.2. The zero-order valence-corrected chi connectivity index (χ0v) is 13.6. The molecule has 0 unspecified atom stereocenters. The molecule has 0 heterocycles. The van der Waals surface area contributed by atoms with Gasteiger partial charge in [0.25, 0.3) is 0 Å². The number of rotatable bonds is 11. The van der Waals surface area contributed by atoms with Crippen LogP contribution in [-0.2, 0) is 28.2 Å². The molecule has 112 valence electrons. The van der Waals surface area contributed by atoms with Crippen molar-refractivity contribution in [1.82, 2.24) is 0 Å². The second-order valence-electron chi connectivity index (χ2n) is 3.97. The molecule has 0 radical (unpaired) electrons. The molecule has 0 aliphatic heterocycles. The molecule has 0 rings (SSSR count). The van der Waals surface area contributed by atoms with Crippen molar-refractivity contribution in [2.75, 3.05) is 34.5 Å². The van der Waals surface area contributed by atoms with E-state index in [0.29, 0.717) is 12.2 Å². The summed E-state index contributed by atoms with van der Waals surface area (Å²) in [5.74, 6) is -1.47. The second-order valence-corrected chi connectivity index (χ2v) is 5.49. The minimum atomic E-state index is -1.13. The van der Waals surface area contributed by atoms with E-state index in [1.54, 1.807) is 6.92 Å². The van der Waals surface area contributed by atoms with Crippen LogP contribution in [0.3, 0.4) is 0 Å². The predicted octanol–water partition coefficient (Wildman–Crippen LogP) is 0.607. The Morgan fingerprint density at radius 2 is 1.79 bits per heavy atom. The maximum atomic E-state index is 11.1. The largest absolute Gasteiger partial charge is 0.462 e. The van der Waals surface area contributed by atoms with Gasteiger partial charge in [0.15, 0.2) is 9.76 Å². The molecule has 0 aromatic heterocycles. The van der Waals surface area contributed by atoms with Crippen LogP contribution in [0, 0.1) is 0 Å². The summed E-state index contributed by atoms with van der Waals surface area (Å²) in [5, 5.41) is 0. The Morgan fingerprint density at radius 3 is 2.26 bits per heavy atom. The van der Waals surface area contributed by atoms with E-state index in [1.165, 1.54) is 21.3 Å². The van der Waals surface area contributed by atoms with Crippen molar-refractivity contribution in [3.8, 4) is 0 Å². The zero-order valence-electron chi connectivity index (χ0n) is 12.2. The third-order valence-electron chi connectivity index (χ3n) is 2.48. The average Bonchev–Trinajstić information content (AvgIpc) is 2.42. The highest BCUT2D eigenvalue weighted by molar-refractivity contribution is 6.27. The maximum absolute atomic E-state index is 11.1. The lowest BCUT2D eigenvalue weighted by molar-refractivity contribution is -0.361. The first-order valence-corrected chi connectivity index (χ1v) is 7.65. The van der Waals surface area contributed by atoms with Crippen molar-refractivity contribution in [1.29, 1.82) is 0 Å². The standard InChI is InChI=1S/C12H24O6Si/c1-10(2)11(13)17-7-6-8-19-18-9-12(14-3,15-4)16-5/h1,6-9,19H2,2-5H3. The van der Waals surface area contributed by atoms with Crippen LogP contribution in [0.15, 0.2) is 12.2 Å². The monoisotopic (exact) mass is 292 g/mol. The van der Waals surface area contributed by atoms with E-state index in [4.69, 9.17) is 23.4 Å². The fraction of sp³-hybridized carbons (Fsp3) is 0.750. The predicted molar refractivity (Wildman–Crippen MR) is 73.5 cm³/mol. The van der Waals surface area contributed by atoms with Gasteiger partial charge in [0.1, 0.15) is 6.61 Å². The summed E-state index contributed by atoms with van der Waals surface area (Å²) < 4.78 is 25.8. The van der Waals surface area contributed by atoms with E-state index in [2.05, 4.69) is 6.58 Å². The topological polar surface area (TPSA) is 63.2 Å². The van der Waals surface area contributed by atoms with Crippen LogP contribution >= 0.6 is 0 Å². The molecule has 6 nitrogen and oxygen atoms in total. The molecule has 0 bridgehead atoms. The Bertz CT molecular complexity index is 269. The van der Waals surface area contributed by atoms with Gasteiger partial charge in [-0.05, 0) is 19.4 Å². The van der Waals surface area contributed by atoms with Gasteiger partial charge in [0, 0.05) is 26.9 Å². The summed E-state index contributed by atoms with van der Waals surface area (Å²) in [6.45, 7) is 5.76. The summed E-state index contributed by atoms with van der Waals surface area (Å²) in [6, 6.07) is 0.899. The molecule has 0 aliphatic carbocycles. The van der Waals surface area contributed by atoms with Gasteiger partial charge in [-0.3, -0.25) is 0 Å². The molecule has 0 amide bonds. The van der Waals surface area contributed by atoms with Crippen molar-refractivity contribution in [2.24, 2.45) is 0 Å². The van der Waals surface area contributed by atoms with Gasteiger partial charge < -0.3 is 23.4 Å². The highest BCUT2D eigenvalue weighted by Gasteiger charge is 2.29. The third-order valence-corrected chi connectivity index (χ3v) is 3.76. The second kappa shape index (κ2) is 10.1. The van der Waals surface area contributed by atoms with Crippen LogP contribution in [-0.4, -0.2) is 56.2 Å². The smallest absolute Gasteiger partial charge is 0.333 e. The molecule has 0 saturated heterocycles. The molecule has 0 N–H and O–H groups in total. The minimum absolute atomic E-state index is 0.230. The van der Waals surface area contributed by atoms with Gasteiger partial charge in [0.2, 0.25) is 0 Å². The number of carbonyl (C=O) groups excluding carboxylic acids is 1. The average molecular weight is 292 g/mol. The van der Waals surface area contributed by atoms with Crippen molar-refractivity contribution in [2.45, 2.75) is 25.4 Å². The van der Waals surface area contributed by atoms with Crippen LogP contribution in [0.4, 0.5) is 0 Å². The van der Waals surface area contributed by atoms with Gasteiger partial charge in [-0.1, -0.05) is 6.58 Å². The number of hydrogen-bond acceptors (Lipinski definition) is 6. The fourth-order valence-corrected chi connectivity index (χ4v) is 2.22.